The Morgan fingerprint density at radius 1 is 0.448 bits per heavy atom. The molecule has 10 rings (SSSR count). The van der Waals surface area contributed by atoms with E-state index in [-0.39, 0.29) is 11.2 Å². The number of rotatable bonds is 6. The van der Waals surface area contributed by atoms with E-state index >= 15 is 0 Å². The summed E-state index contributed by atoms with van der Waals surface area (Å²) in [5.74, 6) is -0.228. The Hall–Kier alpha value is -6.97. The van der Waals surface area contributed by atoms with Crippen LogP contribution in [0.15, 0.2) is 200 Å². The van der Waals surface area contributed by atoms with Crippen LogP contribution in [0.1, 0.15) is 25.0 Å². The molecule has 58 heavy (non-hydrogen) atoms. The van der Waals surface area contributed by atoms with Crippen LogP contribution in [0.4, 0.5) is 15.8 Å². The van der Waals surface area contributed by atoms with Crippen LogP contribution in [-0.2, 0) is 12.5 Å². The van der Waals surface area contributed by atoms with Crippen LogP contribution in [0, 0.1) is 5.82 Å². The lowest BCUT2D eigenvalue weighted by Crippen LogP contribution is -2.14. The SMILES string of the molecule is CC1(C)c2ccccc2-c2ccccc21.CN(c1ccc(-c2ccccc2)cc1)c1ccc(-c2c(-c3ccccc3)n(C)c3ccc(-c4ccc(F)cc4)cc23)cc1. The zero-order valence-corrected chi connectivity index (χ0v) is 33.3. The first-order valence-corrected chi connectivity index (χ1v) is 19.9. The Morgan fingerprint density at radius 2 is 0.879 bits per heavy atom. The molecule has 1 aliphatic rings. The third-order valence-electron chi connectivity index (χ3n) is 11.8. The molecule has 282 valence electrons. The molecule has 0 N–H and O–H groups in total. The molecule has 1 aliphatic carbocycles. The highest BCUT2D eigenvalue weighted by molar-refractivity contribution is 6.06. The molecule has 0 bridgehead atoms. The summed E-state index contributed by atoms with van der Waals surface area (Å²) in [7, 11) is 4.24. The predicted octanol–water partition coefficient (Wildman–Crippen LogP) is 14.7. The van der Waals surface area contributed by atoms with Crippen molar-refractivity contribution >= 4 is 22.3 Å². The maximum absolute atomic E-state index is 13.7. The molecule has 0 unspecified atom stereocenters. The lowest BCUT2D eigenvalue weighted by Gasteiger charge is -2.20. The number of halogens is 1. The Balaban J connectivity index is 0.000000242. The number of aryl methyl sites for hydroxylation is 1. The van der Waals surface area contributed by atoms with Crippen LogP contribution < -0.4 is 4.90 Å². The lowest BCUT2D eigenvalue weighted by atomic mass is 9.82. The fourth-order valence-corrected chi connectivity index (χ4v) is 8.67. The van der Waals surface area contributed by atoms with Gasteiger partial charge < -0.3 is 9.47 Å². The summed E-state index contributed by atoms with van der Waals surface area (Å²) in [4.78, 5) is 2.21. The van der Waals surface area contributed by atoms with Crippen molar-refractivity contribution in [2.45, 2.75) is 19.3 Å². The number of fused-ring (bicyclic) bond motifs is 4. The number of hydrogen-bond donors (Lipinski definition) is 0. The van der Waals surface area contributed by atoms with Gasteiger partial charge in [0.15, 0.2) is 0 Å². The van der Waals surface area contributed by atoms with E-state index in [1.165, 1.54) is 67.7 Å². The minimum Gasteiger partial charge on any atom is -0.345 e. The van der Waals surface area contributed by atoms with Crippen LogP contribution in [-0.4, -0.2) is 11.6 Å². The highest BCUT2D eigenvalue weighted by atomic mass is 19.1. The highest BCUT2D eigenvalue weighted by Crippen LogP contribution is 2.48. The molecule has 0 aliphatic heterocycles. The maximum Gasteiger partial charge on any atom is 0.123 e. The van der Waals surface area contributed by atoms with E-state index in [9.17, 15) is 4.39 Å². The van der Waals surface area contributed by atoms with Gasteiger partial charge in [-0.1, -0.05) is 166 Å². The fourth-order valence-electron chi connectivity index (χ4n) is 8.67. The number of nitrogens with zero attached hydrogens (tertiary/aromatic N) is 2. The fraction of sp³-hybridized carbons (Fsp3) is 0.0909. The van der Waals surface area contributed by atoms with Crippen molar-refractivity contribution in [3.63, 3.8) is 0 Å². The van der Waals surface area contributed by atoms with Gasteiger partial charge in [-0.05, 0) is 104 Å². The number of benzene rings is 8. The summed E-state index contributed by atoms with van der Waals surface area (Å²) in [6, 6.07) is 69.2. The third-order valence-corrected chi connectivity index (χ3v) is 11.8. The largest absolute Gasteiger partial charge is 0.345 e. The van der Waals surface area contributed by atoms with Crippen LogP contribution >= 0.6 is 0 Å². The predicted molar refractivity (Wildman–Crippen MR) is 243 cm³/mol. The molecule has 0 atom stereocenters. The summed E-state index contributed by atoms with van der Waals surface area (Å²) in [5.41, 5.74) is 18.4. The van der Waals surface area contributed by atoms with Crippen molar-refractivity contribution in [1.29, 1.82) is 0 Å². The van der Waals surface area contributed by atoms with Gasteiger partial charge in [0.25, 0.3) is 0 Å². The van der Waals surface area contributed by atoms with E-state index < -0.39 is 0 Å². The molecule has 3 heteroatoms. The first-order chi connectivity index (χ1) is 28.3. The summed E-state index contributed by atoms with van der Waals surface area (Å²) in [6.07, 6.45) is 0. The van der Waals surface area contributed by atoms with Crippen LogP contribution in [0.25, 0.3) is 66.7 Å². The van der Waals surface area contributed by atoms with E-state index in [1.54, 1.807) is 0 Å². The van der Waals surface area contributed by atoms with E-state index in [0.717, 1.165) is 33.6 Å². The van der Waals surface area contributed by atoms with Gasteiger partial charge in [-0.2, -0.15) is 0 Å². The first kappa shape index (κ1) is 36.7. The molecule has 0 radical (unpaired) electrons. The average molecular weight is 753 g/mol. The van der Waals surface area contributed by atoms with Gasteiger partial charge >= 0.3 is 0 Å². The van der Waals surface area contributed by atoms with E-state index in [2.05, 4.69) is 207 Å². The standard InChI is InChI=1S/C40H31FN2.C15H14/c1-42(35-22-15-29(16-23-35)28-9-5-3-6-10-28)36-24-17-31(18-25-36)39-37-27-33(30-13-20-34(41)21-14-30)19-26-38(37)43(2)40(39)32-11-7-4-8-12-32;1-15(2)13-9-5-3-7-11(13)12-8-4-6-10-14(12)15/h3-27H,1-2H3;3-10H,1-2H3. The molecule has 0 amide bonds. The summed E-state index contributed by atoms with van der Waals surface area (Å²) in [5, 5.41) is 1.17. The molecule has 8 aromatic carbocycles. The normalized spacial score (nSPS) is 12.4. The quantitative estimate of drug-likeness (QED) is 0.164. The molecular formula is C55H45FN2. The molecule has 0 spiro atoms. The zero-order chi connectivity index (χ0) is 39.8. The summed E-state index contributed by atoms with van der Waals surface area (Å²) >= 11 is 0. The molecule has 0 saturated heterocycles. The van der Waals surface area contributed by atoms with E-state index in [1.807, 2.05) is 18.2 Å². The van der Waals surface area contributed by atoms with Crippen molar-refractivity contribution in [1.82, 2.24) is 4.57 Å². The minimum absolute atomic E-state index is 0.160. The van der Waals surface area contributed by atoms with Gasteiger partial charge in [0.05, 0.1) is 5.69 Å². The van der Waals surface area contributed by atoms with Crippen LogP contribution in [0.5, 0.6) is 0 Å². The molecule has 1 aromatic heterocycles. The Morgan fingerprint density at radius 3 is 1.45 bits per heavy atom. The molecular weight excluding hydrogens is 708 g/mol. The highest BCUT2D eigenvalue weighted by Gasteiger charge is 2.34. The minimum atomic E-state index is -0.228. The van der Waals surface area contributed by atoms with Gasteiger partial charge in [-0.25, -0.2) is 4.39 Å². The van der Waals surface area contributed by atoms with Crippen molar-refractivity contribution in [2.24, 2.45) is 7.05 Å². The van der Waals surface area contributed by atoms with Crippen molar-refractivity contribution in [2.75, 3.05) is 11.9 Å². The molecule has 0 saturated carbocycles. The number of hydrogen-bond acceptors (Lipinski definition) is 1. The second-order valence-corrected chi connectivity index (χ2v) is 15.6. The van der Waals surface area contributed by atoms with Crippen LogP contribution in [0.2, 0.25) is 0 Å². The van der Waals surface area contributed by atoms with Gasteiger partial charge in [0, 0.05) is 47.4 Å². The second-order valence-electron chi connectivity index (χ2n) is 15.6. The van der Waals surface area contributed by atoms with Gasteiger partial charge in [0.1, 0.15) is 5.82 Å². The van der Waals surface area contributed by atoms with E-state index in [4.69, 9.17) is 0 Å². The Kier molecular flexibility index (Phi) is 9.59. The average Bonchev–Trinajstić information content (AvgIpc) is 3.70. The number of aromatic nitrogens is 1. The van der Waals surface area contributed by atoms with E-state index in [0.29, 0.717) is 0 Å². The maximum atomic E-state index is 13.7. The van der Waals surface area contributed by atoms with Gasteiger partial charge in [0.2, 0.25) is 0 Å². The summed E-state index contributed by atoms with van der Waals surface area (Å²) < 4.78 is 15.9. The Labute approximate surface area is 341 Å². The third kappa shape index (κ3) is 6.69. The van der Waals surface area contributed by atoms with Crippen molar-refractivity contribution < 1.29 is 4.39 Å². The first-order valence-electron chi connectivity index (χ1n) is 19.9. The van der Waals surface area contributed by atoms with Gasteiger partial charge in [-0.15, -0.1) is 0 Å². The van der Waals surface area contributed by atoms with Crippen molar-refractivity contribution in [3.8, 4) is 55.8 Å². The number of anilines is 2. The second kappa shape index (κ2) is 15.2. The molecule has 9 aromatic rings. The van der Waals surface area contributed by atoms with Crippen LogP contribution in [0.3, 0.4) is 0 Å². The lowest BCUT2D eigenvalue weighted by molar-refractivity contribution is 0.628. The Bertz CT molecular complexity index is 2800. The zero-order valence-electron chi connectivity index (χ0n) is 33.3. The smallest absolute Gasteiger partial charge is 0.123 e. The van der Waals surface area contributed by atoms with Crippen molar-refractivity contribution in [3.05, 3.63) is 217 Å². The summed E-state index contributed by atoms with van der Waals surface area (Å²) in [6.45, 7) is 4.61. The molecule has 0 fully saturated rings. The topological polar surface area (TPSA) is 8.17 Å². The molecule has 1 heterocycles. The molecule has 2 nitrogen and oxygen atoms in total. The monoisotopic (exact) mass is 752 g/mol. The van der Waals surface area contributed by atoms with Gasteiger partial charge in [-0.3, -0.25) is 0 Å².